The smallest absolute Gasteiger partial charge is 0.350 e. The molecule has 0 radical (unpaired) electrons. The second-order valence-corrected chi connectivity index (χ2v) is 7.25. The minimum atomic E-state index is -0.315. The minimum Gasteiger partial charge on any atom is -0.462 e. The molecule has 9 nitrogen and oxygen atoms in total. The molecule has 0 amide bonds. The second kappa shape index (κ2) is 13.5. The Bertz CT molecular complexity index is 764. The number of ether oxygens (including phenoxy) is 1. The molecule has 0 spiro atoms. The molecule has 2 aromatic rings. The number of guanidine groups is 1. The SMILES string of the molecule is CCNC(=NCCCCn1cnnc1)NC(C)c1nc(C)c(C(=O)OCC)s1.I. The van der Waals surface area contributed by atoms with Gasteiger partial charge in [-0.05, 0) is 40.5 Å². The average molecular weight is 535 g/mol. The fourth-order valence-electron chi connectivity index (χ4n) is 2.51. The van der Waals surface area contributed by atoms with Crippen LogP contribution in [0.15, 0.2) is 17.6 Å². The first-order valence-corrected chi connectivity index (χ1v) is 10.4. The van der Waals surface area contributed by atoms with E-state index in [1.165, 1.54) is 11.3 Å². The highest BCUT2D eigenvalue weighted by atomic mass is 127. The van der Waals surface area contributed by atoms with Crippen molar-refractivity contribution in [2.45, 2.75) is 53.1 Å². The molecule has 1 atom stereocenters. The summed E-state index contributed by atoms with van der Waals surface area (Å²) in [5.41, 5.74) is 0.697. The Morgan fingerprint density at radius 3 is 2.69 bits per heavy atom. The molecule has 2 N–H and O–H groups in total. The summed E-state index contributed by atoms with van der Waals surface area (Å²) >= 11 is 1.36. The van der Waals surface area contributed by atoms with E-state index in [-0.39, 0.29) is 36.0 Å². The Morgan fingerprint density at radius 1 is 1.31 bits per heavy atom. The van der Waals surface area contributed by atoms with Crippen LogP contribution in [0.1, 0.15) is 60.0 Å². The lowest BCUT2D eigenvalue weighted by Gasteiger charge is -2.16. The minimum absolute atomic E-state index is 0. The average Bonchev–Trinajstić information content (AvgIpc) is 3.31. The topological polar surface area (TPSA) is 106 Å². The lowest BCUT2D eigenvalue weighted by molar-refractivity contribution is 0.0531. The molecule has 2 aromatic heterocycles. The number of esters is 1. The first-order chi connectivity index (χ1) is 13.5. The van der Waals surface area contributed by atoms with Crippen molar-refractivity contribution in [1.29, 1.82) is 0 Å². The van der Waals surface area contributed by atoms with Crippen LogP contribution in [0.3, 0.4) is 0 Å². The molecule has 0 aliphatic carbocycles. The molecule has 0 aliphatic rings. The van der Waals surface area contributed by atoms with E-state index in [1.54, 1.807) is 19.6 Å². The number of unbranched alkanes of at least 4 members (excludes halogenated alkanes) is 1. The van der Waals surface area contributed by atoms with Crippen LogP contribution in [0.25, 0.3) is 0 Å². The Labute approximate surface area is 192 Å². The maximum Gasteiger partial charge on any atom is 0.350 e. The van der Waals surface area contributed by atoms with E-state index in [0.29, 0.717) is 17.2 Å². The Morgan fingerprint density at radius 2 is 2.03 bits per heavy atom. The van der Waals surface area contributed by atoms with E-state index >= 15 is 0 Å². The van der Waals surface area contributed by atoms with Gasteiger partial charge in [0.2, 0.25) is 0 Å². The monoisotopic (exact) mass is 535 g/mol. The van der Waals surface area contributed by atoms with Crippen LogP contribution < -0.4 is 10.6 Å². The maximum absolute atomic E-state index is 12.0. The molecule has 29 heavy (non-hydrogen) atoms. The summed E-state index contributed by atoms with van der Waals surface area (Å²) in [7, 11) is 0. The van der Waals surface area contributed by atoms with E-state index in [9.17, 15) is 4.79 Å². The van der Waals surface area contributed by atoms with Crippen molar-refractivity contribution < 1.29 is 9.53 Å². The molecule has 162 valence electrons. The van der Waals surface area contributed by atoms with Crippen molar-refractivity contribution in [3.05, 3.63) is 28.2 Å². The van der Waals surface area contributed by atoms with Crippen LogP contribution >= 0.6 is 35.3 Å². The third-order valence-corrected chi connectivity index (χ3v) is 5.22. The number of carbonyl (C=O) groups excluding carboxylic acids is 1. The van der Waals surface area contributed by atoms with Gasteiger partial charge in [-0.15, -0.1) is 45.5 Å². The Hall–Kier alpha value is -1.76. The molecule has 0 saturated heterocycles. The van der Waals surface area contributed by atoms with Gasteiger partial charge in [0.1, 0.15) is 22.5 Å². The van der Waals surface area contributed by atoms with Crippen molar-refractivity contribution >= 4 is 47.2 Å². The zero-order chi connectivity index (χ0) is 20.4. The van der Waals surface area contributed by atoms with E-state index in [2.05, 4.69) is 30.8 Å². The summed E-state index contributed by atoms with van der Waals surface area (Å²) < 4.78 is 7.05. The number of aryl methyl sites for hydroxylation is 2. The molecule has 1 unspecified atom stereocenters. The highest BCUT2D eigenvalue weighted by Gasteiger charge is 2.20. The summed E-state index contributed by atoms with van der Waals surface area (Å²) in [5, 5.41) is 15.0. The molecule has 0 aliphatic heterocycles. The fourth-order valence-corrected chi connectivity index (χ4v) is 3.47. The van der Waals surface area contributed by atoms with Crippen molar-refractivity contribution in [2.75, 3.05) is 19.7 Å². The first-order valence-electron chi connectivity index (χ1n) is 9.56. The largest absolute Gasteiger partial charge is 0.462 e. The molecule has 0 aromatic carbocycles. The van der Waals surface area contributed by atoms with Gasteiger partial charge >= 0.3 is 5.97 Å². The summed E-state index contributed by atoms with van der Waals surface area (Å²) in [6, 6.07) is -0.0679. The quantitative estimate of drug-likeness (QED) is 0.158. The van der Waals surface area contributed by atoms with Gasteiger partial charge in [-0.25, -0.2) is 9.78 Å². The van der Waals surface area contributed by atoms with Gasteiger partial charge in [0.25, 0.3) is 0 Å². The number of nitrogens with zero attached hydrogens (tertiary/aromatic N) is 5. The summed E-state index contributed by atoms with van der Waals surface area (Å²) in [6.07, 6.45) is 5.41. The van der Waals surface area contributed by atoms with Gasteiger partial charge in [0, 0.05) is 19.6 Å². The number of nitrogens with one attached hydrogen (secondary N) is 2. The number of aromatic nitrogens is 4. The van der Waals surface area contributed by atoms with Gasteiger partial charge in [-0.3, -0.25) is 4.99 Å². The lowest BCUT2D eigenvalue weighted by atomic mass is 10.3. The van der Waals surface area contributed by atoms with E-state index < -0.39 is 0 Å². The van der Waals surface area contributed by atoms with Crippen LogP contribution in [0.4, 0.5) is 0 Å². The fraction of sp³-hybridized carbons (Fsp3) is 0.611. The van der Waals surface area contributed by atoms with Crippen LogP contribution in [0, 0.1) is 6.92 Å². The van der Waals surface area contributed by atoms with Crippen molar-refractivity contribution in [3.8, 4) is 0 Å². The van der Waals surface area contributed by atoms with Gasteiger partial charge in [-0.2, -0.15) is 0 Å². The maximum atomic E-state index is 12.0. The van der Waals surface area contributed by atoms with Crippen molar-refractivity contribution in [2.24, 2.45) is 4.99 Å². The number of thiazole rings is 1. The van der Waals surface area contributed by atoms with E-state index in [0.717, 1.165) is 43.4 Å². The normalized spacial score (nSPS) is 12.2. The standard InChI is InChI=1S/C18H29N7O2S.HI/c1-5-19-18(20-9-7-8-10-25-11-21-22-12-25)24-14(4)16-23-13(3)15(28-16)17(26)27-6-2;/h11-12,14H,5-10H2,1-4H3,(H2,19,20,24);1H. The number of halogens is 1. The molecule has 0 saturated carbocycles. The summed E-state index contributed by atoms with van der Waals surface area (Å²) in [5.74, 6) is 0.425. The third-order valence-electron chi connectivity index (χ3n) is 3.90. The van der Waals surface area contributed by atoms with Gasteiger partial charge in [0.15, 0.2) is 5.96 Å². The van der Waals surface area contributed by atoms with E-state index in [1.807, 2.05) is 25.3 Å². The van der Waals surface area contributed by atoms with E-state index in [4.69, 9.17) is 4.74 Å². The summed E-state index contributed by atoms with van der Waals surface area (Å²) in [4.78, 5) is 21.7. The molecule has 2 heterocycles. The lowest BCUT2D eigenvalue weighted by Crippen LogP contribution is -2.38. The van der Waals surface area contributed by atoms with Crippen LogP contribution in [0.5, 0.6) is 0 Å². The Balaban J connectivity index is 0.00000420. The number of aliphatic imine (C=N–C) groups is 1. The molecular weight excluding hydrogens is 505 g/mol. The van der Waals surface area contributed by atoms with Crippen molar-refractivity contribution in [1.82, 2.24) is 30.4 Å². The van der Waals surface area contributed by atoms with Crippen molar-refractivity contribution in [3.63, 3.8) is 0 Å². The highest BCUT2D eigenvalue weighted by molar-refractivity contribution is 14.0. The predicted molar refractivity (Wildman–Crippen MR) is 125 cm³/mol. The Kier molecular flexibility index (Phi) is 11.7. The first kappa shape index (κ1) is 25.3. The number of hydrogen-bond donors (Lipinski definition) is 2. The summed E-state index contributed by atoms with van der Waals surface area (Å²) in [6.45, 7) is 10.4. The van der Waals surface area contributed by atoms with Crippen LogP contribution in [-0.4, -0.2) is 51.4 Å². The molecule has 11 heteroatoms. The number of rotatable bonds is 10. The predicted octanol–water partition coefficient (Wildman–Crippen LogP) is 2.93. The van der Waals surface area contributed by atoms with Crippen LogP contribution in [0.2, 0.25) is 0 Å². The van der Waals surface area contributed by atoms with Gasteiger partial charge in [0.05, 0.1) is 18.3 Å². The zero-order valence-corrected chi connectivity index (χ0v) is 20.5. The molecular formula is C18H30IN7O2S. The van der Waals surface area contributed by atoms with Crippen LogP contribution in [-0.2, 0) is 11.3 Å². The second-order valence-electron chi connectivity index (χ2n) is 6.22. The molecule has 2 rings (SSSR count). The third kappa shape index (κ3) is 8.25. The number of hydrogen-bond acceptors (Lipinski definition) is 7. The number of carbonyl (C=O) groups is 1. The molecule has 0 bridgehead atoms. The molecule has 0 fully saturated rings. The highest BCUT2D eigenvalue weighted by Crippen LogP contribution is 2.24. The zero-order valence-electron chi connectivity index (χ0n) is 17.3. The van der Waals surface area contributed by atoms with Gasteiger partial charge in [-0.1, -0.05) is 0 Å². The van der Waals surface area contributed by atoms with Gasteiger partial charge < -0.3 is 19.9 Å².